The number of aliphatic hydroxyl groups excluding tert-OH is 1. The van der Waals surface area contributed by atoms with E-state index in [0.29, 0.717) is 62.8 Å². The van der Waals surface area contributed by atoms with Gasteiger partial charge < -0.3 is 93.0 Å². The molecular weight excluding hydrogens is 1410 g/mol. The number of nitrogens with zero attached hydrogens (tertiary/aromatic N) is 2. The number of carboxylic acid groups (broad SMARTS) is 1. The number of ketones is 2. The number of guanidine groups is 1. The zero-order chi connectivity index (χ0) is 79.0. The van der Waals surface area contributed by atoms with E-state index in [9.17, 15) is 57.8 Å². The Bertz CT molecular complexity index is 3330. The topological polar surface area (TPSA) is 462 Å². The highest BCUT2D eigenvalue weighted by Crippen LogP contribution is 2.24. The van der Waals surface area contributed by atoms with E-state index in [1.165, 1.54) is 32.6 Å². The van der Waals surface area contributed by atoms with Gasteiger partial charge in [0.15, 0.2) is 11.7 Å². The van der Waals surface area contributed by atoms with Crippen LogP contribution in [-0.2, 0) is 89.3 Å². The molecule has 0 radical (unpaired) electrons. The number of fused-ring (bicyclic) bond motifs is 2. The number of aliphatic carboxylic acids is 1. The van der Waals surface area contributed by atoms with Crippen molar-refractivity contribution in [1.82, 2.24) is 52.4 Å². The second-order valence-corrected chi connectivity index (χ2v) is 28.1. The fourth-order valence-electron chi connectivity index (χ4n) is 13.0. The van der Waals surface area contributed by atoms with E-state index >= 15 is 4.79 Å². The molecule has 8 atom stereocenters. The zero-order valence-electron chi connectivity index (χ0n) is 63.9. The first-order valence-electron chi connectivity index (χ1n) is 39.1. The number of Topliss-reactive ketones (excluding diaryl/α,β-unsaturated/α-hetero) is 2. The lowest BCUT2D eigenvalue weighted by Gasteiger charge is -2.31. The van der Waals surface area contributed by atoms with Gasteiger partial charge in [0.05, 0.1) is 51.8 Å². The predicted octanol–water partition coefficient (Wildman–Crippen LogP) is 3.81. The number of hydrogen-bond donors (Lipinski definition) is 13. The van der Waals surface area contributed by atoms with Gasteiger partial charge in [-0.15, -0.1) is 0 Å². The number of amides is 9. The maximum absolute atomic E-state index is 15.0. The van der Waals surface area contributed by atoms with Crippen molar-refractivity contribution >= 4 is 87.6 Å². The fourth-order valence-corrected chi connectivity index (χ4v) is 13.0. The largest absolute Gasteiger partial charge is 0.481 e. The minimum absolute atomic E-state index is 0.0131. The molecule has 2 fully saturated rings. The summed E-state index contributed by atoms with van der Waals surface area (Å²) in [7, 11) is 0. The van der Waals surface area contributed by atoms with Gasteiger partial charge in [0.25, 0.3) is 0 Å². The molecule has 2 saturated heterocycles. The molecule has 15 N–H and O–H groups in total. The third kappa shape index (κ3) is 37.4. The van der Waals surface area contributed by atoms with Gasteiger partial charge in [0.2, 0.25) is 53.2 Å². The average Bonchev–Trinajstić information content (AvgIpc) is 1.68. The van der Waals surface area contributed by atoms with Crippen molar-refractivity contribution < 1.29 is 86.7 Å². The smallest absolute Gasteiger partial charge is 0.303 e. The molecule has 5 rings (SSSR count). The van der Waals surface area contributed by atoms with E-state index in [-0.39, 0.29) is 159 Å². The lowest BCUT2D eigenvalue weighted by molar-refractivity contribution is -0.143. The molecule has 0 bridgehead atoms. The molecule has 2 aliphatic rings. The molecule has 2 aliphatic heterocycles. The van der Waals surface area contributed by atoms with E-state index in [4.69, 9.17) is 35.5 Å². The van der Waals surface area contributed by atoms with Gasteiger partial charge in [-0.1, -0.05) is 145 Å². The number of carbonyl (C=O) groups excluding carboxylic acids is 11. The molecule has 0 unspecified atom stereocenters. The molecule has 3 heterocycles. The van der Waals surface area contributed by atoms with Crippen LogP contribution in [-0.4, -0.2) is 224 Å². The third-order valence-electron chi connectivity index (χ3n) is 19.1. The maximum Gasteiger partial charge on any atom is 0.303 e. The van der Waals surface area contributed by atoms with E-state index in [1.54, 1.807) is 36.5 Å². The number of aromatic nitrogens is 1. The Hall–Kier alpha value is -8.91. The van der Waals surface area contributed by atoms with E-state index in [0.717, 1.165) is 67.2 Å². The number of hydrogen-bond acceptors (Lipinski definition) is 18. The summed E-state index contributed by atoms with van der Waals surface area (Å²) < 4.78 is 22.0. The highest BCUT2D eigenvalue weighted by molar-refractivity contribution is 5.99. The second kappa shape index (κ2) is 53.0. The molecule has 31 nitrogen and oxygen atoms in total. The van der Waals surface area contributed by atoms with Gasteiger partial charge in [-0.3, -0.25) is 62.5 Å². The van der Waals surface area contributed by atoms with Crippen LogP contribution < -0.4 is 54.0 Å². The number of aromatic amines is 1. The van der Waals surface area contributed by atoms with Crippen molar-refractivity contribution in [3.8, 4) is 0 Å². The molecule has 0 aliphatic carbocycles. The van der Waals surface area contributed by atoms with Crippen LogP contribution in [0.4, 0.5) is 0 Å². The van der Waals surface area contributed by atoms with Gasteiger partial charge >= 0.3 is 5.97 Å². The Morgan fingerprint density at radius 1 is 0.615 bits per heavy atom. The van der Waals surface area contributed by atoms with Crippen molar-refractivity contribution in [3.05, 3.63) is 71.9 Å². The highest BCUT2D eigenvalue weighted by atomic mass is 16.5. The Balaban J connectivity index is 1.13. The first-order chi connectivity index (χ1) is 52.6. The molecule has 3 aromatic rings. The van der Waals surface area contributed by atoms with Crippen LogP contribution in [0.3, 0.4) is 0 Å². The van der Waals surface area contributed by atoms with Crippen LogP contribution in [0, 0.1) is 0 Å². The van der Waals surface area contributed by atoms with Crippen molar-refractivity contribution in [2.45, 2.75) is 248 Å². The van der Waals surface area contributed by atoms with E-state index in [2.05, 4.69) is 52.5 Å². The molecule has 109 heavy (non-hydrogen) atoms. The van der Waals surface area contributed by atoms with Gasteiger partial charge in [0, 0.05) is 88.2 Å². The number of para-hydroxylation sites is 1. The summed E-state index contributed by atoms with van der Waals surface area (Å²) in [5, 5.41) is 43.0. The van der Waals surface area contributed by atoms with Crippen LogP contribution in [0.2, 0.25) is 0 Å². The molecular formula is C78H121N13O18. The van der Waals surface area contributed by atoms with E-state index < -0.39 is 102 Å². The molecule has 606 valence electrons. The monoisotopic (exact) mass is 1530 g/mol. The Kier molecular flexibility index (Phi) is 44.1. The SMILES string of the molecule is CCCC[C@H](NC(=O)COCCOCCNC(=O)COCCOCCNC(=O)CCCCCCCCCCCCCCC(=O)O)C(=O)N[C@H]1CCC(=O)CCCCC[C@@H](C(C)=O)NC(=O)[C@H](Cc2c[nH]c3ccccc23)NC(=O)[C@H](CCCN=C(N)N)NC(=O)[C@@H](Cc2ccccc2)NC(=O)[C@@H]2C[C@@H](O)CN2C1=O. The first-order valence-corrected chi connectivity index (χ1v) is 39.1. The summed E-state index contributed by atoms with van der Waals surface area (Å²) in [6.07, 6.45) is 16.1. The maximum atomic E-state index is 15.0. The number of aliphatic imine (C=N–C) groups is 1. The first kappa shape index (κ1) is 90.7. The lowest BCUT2D eigenvalue weighted by Crippen LogP contribution is -2.60. The average molecular weight is 1530 g/mol. The molecule has 0 saturated carbocycles. The van der Waals surface area contributed by atoms with Gasteiger partial charge in [-0.05, 0) is 75.5 Å². The van der Waals surface area contributed by atoms with E-state index in [1.807, 2.05) is 31.2 Å². The molecule has 2 aromatic carbocycles. The second-order valence-electron chi connectivity index (χ2n) is 28.1. The summed E-state index contributed by atoms with van der Waals surface area (Å²) >= 11 is 0. The summed E-state index contributed by atoms with van der Waals surface area (Å²) in [5.41, 5.74) is 13.3. The predicted molar refractivity (Wildman–Crippen MR) is 409 cm³/mol. The summed E-state index contributed by atoms with van der Waals surface area (Å²) in [4.78, 5) is 172. The van der Waals surface area contributed by atoms with Crippen LogP contribution in [0.15, 0.2) is 65.8 Å². The van der Waals surface area contributed by atoms with Crippen molar-refractivity contribution in [2.75, 3.05) is 79.0 Å². The minimum atomic E-state index is -1.46. The molecule has 1 aromatic heterocycles. The summed E-state index contributed by atoms with van der Waals surface area (Å²) in [6, 6.07) is 6.98. The number of carbonyl (C=O) groups is 12. The van der Waals surface area contributed by atoms with Gasteiger partial charge in [-0.25, -0.2) is 0 Å². The fraction of sp³-hybridized carbons (Fsp3) is 0.654. The molecule has 9 amide bonds. The Labute approximate surface area is 639 Å². The van der Waals surface area contributed by atoms with Gasteiger partial charge in [0.1, 0.15) is 55.2 Å². The van der Waals surface area contributed by atoms with Crippen molar-refractivity contribution in [1.29, 1.82) is 0 Å². The van der Waals surface area contributed by atoms with Gasteiger partial charge in [-0.2, -0.15) is 0 Å². The van der Waals surface area contributed by atoms with Crippen molar-refractivity contribution in [2.24, 2.45) is 16.5 Å². The summed E-state index contributed by atoms with van der Waals surface area (Å²) in [5.74, 6) is -7.26. The van der Waals surface area contributed by atoms with Crippen molar-refractivity contribution in [3.63, 3.8) is 0 Å². The minimum Gasteiger partial charge on any atom is -0.481 e. The van der Waals surface area contributed by atoms with Crippen LogP contribution in [0.1, 0.15) is 198 Å². The van der Waals surface area contributed by atoms with Crippen LogP contribution in [0.5, 0.6) is 0 Å². The number of aliphatic hydroxyl groups is 1. The molecule has 0 spiro atoms. The Morgan fingerprint density at radius 3 is 1.84 bits per heavy atom. The van der Waals surface area contributed by atoms with Crippen LogP contribution in [0.25, 0.3) is 10.9 Å². The number of rotatable bonds is 46. The molecule has 31 heteroatoms. The number of nitrogens with two attached hydrogens (primary N) is 2. The zero-order valence-corrected chi connectivity index (χ0v) is 63.9. The number of benzene rings is 2. The normalized spacial score (nSPS) is 19.6. The standard InChI is InChI=1S/C78H121N13O18/c1-3-4-30-62(85-70(97)53-109-46-44-107-42-40-82-69(96)52-108-45-43-106-41-39-81-68(95)34-21-13-11-9-7-5-6-8-10-12-14-22-35-71(98)99)72(100)88-64-37-36-57(93)28-19-16-20-31-60(54(2)92)86-75(103)66(48-56-50-84-61-32-24-23-29-59(56)61)89-73(101)63(33-25-38-83-78(79)80)87-74(102)65(47-55-26-17-15-18-27-55)90-76(104)67-49-58(94)51-91(67)77(64)105/h15,17-18,23-24,26-27,29,32,50,58,60,62-67,84,94H,3-14,16,19-22,25,28,30-31,33-49,51-53H2,1-2H3,(H,81,95)(H,82,96)(H,85,97)(H,86,103)(H,87,102)(H,88,100)(H,89,101)(H,90,104)(H,98,99)(H4,79,80,83)/t58-,60+,62+,63+,64+,65-,66+,67+/m1/s1. The quantitative estimate of drug-likeness (QED) is 0.0217. The lowest BCUT2D eigenvalue weighted by atomic mass is 9.99. The van der Waals surface area contributed by atoms with Crippen LogP contribution >= 0.6 is 0 Å². The Morgan fingerprint density at radius 2 is 1.19 bits per heavy atom. The number of unbranched alkanes of at least 4 members (excludes halogenated alkanes) is 12. The number of carboxylic acids is 1. The highest BCUT2D eigenvalue weighted by Gasteiger charge is 2.43. The third-order valence-corrected chi connectivity index (χ3v) is 19.1. The number of nitrogens with one attached hydrogen (secondary N) is 9. The summed E-state index contributed by atoms with van der Waals surface area (Å²) in [6.45, 7) is 3.68. The number of H-pyrrole nitrogens is 1. The number of ether oxygens (including phenoxy) is 4.